The molecule has 1 atom stereocenters. The van der Waals surface area contributed by atoms with Crippen LogP contribution < -0.4 is 10.0 Å². The lowest BCUT2D eigenvalue weighted by Gasteiger charge is -1.95. The van der Waals surface area contributed by atoms with E-state index >= 15 is 0 Å². The number of benzene rings is 1. The van der Waals surface area contributed by atoms with Crippen LogP contribution in [0.15, 0.2) is 24.3 Å². The molecule has 0 radical (unpaired) electrons. The Morgan fingerprint density at radius 1 is 1.33 bits per heavy atom. The molecule has 0 fully saturated rings. The predicted molar refractivity (Wildman–Crippen MR) is 47.0 cm³/mol. The minimum Gasteiger partial charge on any atom is -0.497 e. The predicted octanol–water partition coefficient (Wildman–Crippen LogP) is 1.34. The highest BCUT2D eigenvalue weighted by Crippen LogP contribution is 2.16. The maximum atomic E-state index is 11.0. The highest BCUT2D eigenvalue weighted by molar-refractivity contribution is 7.68. The molecule has 0 aliphatic heterocycles. The van der Waals surface area contributed by atoms with E-state index in [4.69, 9.17) is 4.74 Å². The van der Waals surface area contributed by atoms with Gasteiger partial charge in [-0.3, -0.25) is 0 Å². The van der Waals surface area contributed by atoms with E-state index in [0.717, 1.165) is 0 Å². The van der Waals surface area contributed by atoms with E-state index in [0.29, 0.717) is 17.1 Å². The van der Waals surface area contributed by atoms with Gasteiger partial charge in [-0.1, -0.05) is 4.57 Å². The van der Waals surface area contributed by atoms with Crippen molar-refractivity contribution in [3.05, 3.63) is 24.3 Å². The molecule has 0 saturated heterocycles. The summed E-state index contributed by atoms with van der Waals surface area (Å²) in [5, 5.41) is 0.529. The van der Waals surface area contributed by atoms with Crippen molar-refractivity contribution in [1.82, 2.24) is 0 Å². The average Bonchev–Trinajstić information content (AvgIpc) is 2.17. The topological polar surface area (TPSA) is 43.4 Å². The summed E-state index contributed by atoms with van der Waals surface area (Å²) in [7, 11) is -0.327. The normalized spacial score (nSPS) is 10.6. The third-order valence-corrected chi connectivity index (χ3v) is 2.42. The van der Waals surface area contributed by atoms with Gasteiger partial charge >= 0.3 is 13.8 Å². The first-order valence-corrected chi connectivity index (χ1v) is 4.66. The van der Waals surface area contributed by atoms with Gasteiger partial charge in [-0.2, -0.15) is 0 Å². The molecule has 0 N–H and O–H groups in total. The SMILES string of the molecule is COc1ccc([P+](=O)C=O)cc1. The van der Waals surface area contributed by atoms with E-state index in [9.17, 15) is 9.36 Å². The van der Waals surface area contributed by atoms with Crippen LogP contribution in [0.5, 0.6) is 5.75 Å². The van der Waals surface area contributed by atoms with Crippen molar-refractivity contribution in [2.45, 2.75) is 0 Å². The number of rotatable bonds is 3. The lowest BCUT2D eigenvalue weighted by molar-refractivity contribution is 0.415. The van der Waals surface area contributed by atoms with Crippen LogP contribution in [0.3, 0.4) is 0 Å². The Balaban J connectivity index is 2.91. The summed E-state index contributed by atoms with van der Waals surface area (Å²) in [6, 6.07) is 7.02. The second-order valence-corrected chi connectivity index (χ2v) is 3.51. The molecule has 0 aliphatic rings. The van der Waals surface area contributed by atoms with E-state index in [1.165, 1.54) is 0 Å². The zero-order valence-electron chi connectivity index (χ0n) is 6.56. The number of ether oxygens (including phenoxy) is 1. The van der Waals surface area contributed by atoms with Crippen molar-refractivity contribution >= 4 is 19.1 Å². The van der Waals surface area contributed by atoms with Crippen molar-refractivity contribution in [2.75, 3.05) is 7.11 Å². The van der Waals surface area contributed by atoms with Gasteiger partial charge in [-0.25, -0.2) is 4.79 Å². The van der Waals surface area contributed by atoms with Gasteiger partial charge in [0.25, 0.3) is 0 Å². The monoisotopic (exact) mass is 183 g/mol. The van der Waals surface area contributed by atoms with Gasteiger partial charge in [-0.15, -0.1) is 0 Å². The summed E-state index contributed by atoms with van der Waals surface area (Å²) in [4.78, 5) is 10.1. The quantitative estimate of drug-likeness (QED) is 0.524. The summed E-state index contributed by atoms with van der Waals surface area (Å²) >= 11 is 0. The Morgan fingerprint density at radius 2 is 1.92 bits per heavy atom. The molecule has 1 aromatic rings. The second-order valence-electron chi connectivity index (χ2n) is 2.13. The van der Waals surface area contributed by atoms with Crippen molar-refractivity contribution in [3.8, 4) is 5.75 Å². The Morgan fingerprint density at radius 3 is 2.33 bits per heavy atom. The summed E-state index contributed by atoms with van der Waals surface area (Å²) in [6.45, 7) is 0. The van der Waals surface area contributed by atoms with E-state index in [1.54, 1.807) is 31.4 Å². The van der Waals surface area contributed by atoms with Crippen molar-refractivity contribution in [2.24, 2.45) is 0 Å². The fraction of sp³-hybridized carbons (Fsp3) is 0.125. The number of hydrogen-bond donors (Lipinski definition) is 0. The molecule has 0 bridgehead atoms. The molecular weight excluding hydrogens is 175 g/mol. The van der Waals surface area contributed by atoms with Crippen molar-refractivity contribution < 1.29 is 14.1 Å². The van der Waals surface area contributed by atoms with Gasteiger partial charge in [0.2, 0.25) is 0 Å². The molecule has 1 rings (SSSR count). The standard InChI is InChI=1S/C8H8O3P/c1-11-7-2-4-8(5-3-7)12(10)6-9/h2-6H,1H3/q+1. The van der Waals surface area contributed by atoms with Crippen LogP contribution in [0.2, 0.25) is 0 Å². The fourth-order valence-electron chi connectivity index (χ4n) is 0.790. The zero-order valence-corrected chi connectivity index (χ0v) is 7.45. The van der Waals surface area contributed by atoms with Crippen LogP contribution in [0, 0.1) is 0 Å². The van der Waals surface area contributed by atoms with Gasteiger partial charge in [0.1, 0.15) is 5.75 Å². The van der Waals surface area contributed by atoms with E-state index in [2.05, 4.69) is 0 Å². The summed E-state index contributed by atoms with van der Waals surface area (Å²) < 4.78 is 15.9. The molecule has 0 heterocycles. The van der Waals surface area contributed by atoms with Gasteiger partial charge in [-0.05, 0) is 24.3 Å². The van der Waals surface area contributed by atoms with Crippen molar-refractivity contribution in [3.63, 3.8) is 0 Å². The summed E-state index contributed by atoms with van der Waals surface area (Å²) in [5.41, 5.74) is 0. The largest absolute Gasteiger partial charge is 0.497 e. The summed E-state index contributed by atoms with van der Waals surface area (Å²) in [5.74, 6) is 0.688. The fourth-order valence-corrected chi connectivity index (χ4v) is 1.35. The number of carbonyl (C=O) groups is 1. The molecule has 0 saturated carbocycles. The molecule has 0 aromatic heterocycles. The minimum atomic E-state index is -1.88. The van der Waals surface area contributed by atoms with Gasteiger partial charge in [0, 0.05) is 0 Å². The van der Waals surface area contributed by atoms with Crippen LogP contribution in [-0.2, 0) is 9.36 Å². The number of methoxy groups -OCH3 is 1. The van der Waals surface area contributed by atoms with Crippen LogP contribution in [0.25, 0.3) is 0 Å². The second kappa shape index (κ2) is 3.98. The first kappa shape index (κ1) is 8.88. The molecule has 1 aromatic carbocycles. The van der Waals surface area contributed by atoms with E-state index in [-0.39, 0.29) is 0 Å². The lowest BCUT2D eigenvalue weighted by atomic mass is 10.3. The minimum absolute atomic E-state index is 0.442. The molecule has 62 valence electrons. The molecule has 3 nitrogen and oxygen atoms in total. The highest BCUT2D eigenvalue weighted by Gasteiger charge is 2.17. The first-order valence-electron chi connectivity index (χ1n) is 3.33. The zero-order chi connectivity index (χ0) is 8.97. The van der Waals surface area contributed by atoms with Gasteiger partial charge < -0.3 is 4.74 Å². The maximum absolute atomic E-state index is 11.0. The molecule has 0 amide bonds. The molecular formula is C8H8O3P+. The van der Waals surface area contributed by atoms with E-state index < -0.39 is 7.80 Å². The Labute approximate surface area is 71.1 Å². The third kappa shape index (κ3) is 1.89. The van der Waals surface area contributed by atoms with E-state index in [1.807, 2.05) is 0 Å². The highest BCUT2D eigenvalue weighted by atomic mass is 31.1. The number of hydrogen-bond acceptors (Lipinski definition) is 3. The molecule has 12 heavy (non-hydrogen) atoms. The lowest BCUT2D eigenvalue weighted by Crippen LogP contribution is -1.95. The van der Waals surface area contributed by atoms with Crippen LogP contribution >= 0.6 is 7.80 Å². The maximum Gasteiger partial charge on any atom is 0.449 e. The van der Waals surface area contributed by atoms with Gasteiger partial charge in [0.15, 0.2) is 5.30 Å². The smallest absolute Gasteiger partial charge is 0.449 e. The molecule has 0 aliphatic carbocycles. The van der Waals surface area contributed by atoms with Crippen LogP contribution in [-0.4, -0.2) is 13.1 Å². The van der Waals surface area contributed by atoms with Crippen LogP contribution in [0.4, 0.5) is 0 Å². The molecule has 4 heteroatoms. The van der Waals surface area contributed by atoms with Crippen molar-refractivity contribution in [1.29, 1.82) is 0 Å². The molecule has 1 unspecified atom stereocenters. The van der Waals surface area contributed by atoms with Gasteiger partial charge in [0.05, 0.1) is 7.11 Å². The number of carbonyl (C=O) groups excluding carboxylic acids is 1. The Kier molecular flexibility index (Phi) is 2.94. The summed E-state index contributed by atoms with van der Waals surface area (Å²) in [6.07, 6.45) is 0. The average molecular weight is 183 g/mol. The Bertz CT molecular complexity index is 292. The first-order chi connectivity index (χ1) is 5.77. The van der Waals surface area contributed by atoms with Crippen LogP contribution in [0.1, 0.15) is 0 Å². The third-order valence-electron chi connectivity index (χ3n) is 1.42. The Hall–Kier alpha value is -1.21. The molecule has 0 spiro atoms.